The van der Waals surface area contributed by atoms with Crippen LogP contribution in [0.1, 0.15) is 38.5 Å². The third-order valence-electron chi connectivity index (χ3n) is 5.51. The Labute approximate surface area is 181 Å². The SMILES string of the molecule is OCCON(OCCO)c1nc(N2CCCCC2)c2ncnc(N3CCCCC3)c2n1. The van der Waals surface area contributed by atoms with Crippen molar-refractivity contribution in [3.8, 4) is 0 Å². The molecule has 31 heavy (non-hydrogen) atoms. The van der Waals surface area contributed by atoms with Crippen molar-refractivity contribution in [2.45, 2.75) is 38.5 Å². The number of aromatic nitrogens is 4. The monoisotopic (exact) mass is 433 g/mol. The maximum absolute atomic E-state index is 9.20. The van der Waals surface area contributed by atoms with Crippen molar-refractivity contribution in [3.05, 3.63) is 6.33 Å². The minimum atomic E-state index is -0.187. The molecular formula is C20H31N7O4. The van der Waals surface area contributed by atoms with Gasteiger partial charge in [-0.05, 0) is 38.5 Å². The lowest BCUT2D eigenvalue weighted by atomic mass is 10.1. The first-order valence-corrected chi connectivity index (χ1v) is 11.1. The Kier molecular flexibility index (Phi) is 7.62. The third kappa shape index (κ3) is 5.12. The standard InChI is InChI=1S/C20H31N7O4/c28-11-13-30-27(31-14-12-29)20-23-17-16(19(24-20)26-9-5-2-6-10-26)21-15-22-18(17)25-7-3-1-4-8-25/h15,28-29H,1-14H2. The van der Waals surface area contributed by atoms with Crippen molar-refractivity contribution in [2.24, 2.45) is 0 Å². The lowest BCUT2D eigenvalue weighted by Crippen LogP contribution is -2.34. The Balaban J connectivity index is 1.80. The van der Waals surface area contributed by atoms with E-state index < -0.39 is 0 Å². The molecule has 2 N–H and O–H groups in total. The van der Waals surface area contributed by atoms with Gasteiger partial charge in [0.25, 0.3) is 5.95 Å². The Morgan fingerprint density at radius 2 is 1.32 bits per heavy atom. The second-order valence-electron chi connectivity index (χ2n) is 7.71. The van der Waals surface area contributed by atoms with Crippen molar-refractivity contribution in [2.75, 3.05) is 67.6 Å². The van der Waals surface area contributed by atoms with Gasteiger partial charge in [0.2, 0.25) is 0 Å². The number of nitrogens with zero attached hydrogens (tertiary/aromatic N) is 7. The Morgan fingerprint density at radius 3 is 1.90 bits per heavy atom. The molecule has 0 bridgehead atoms. The number of aliphatic hydroxyl groups excluding tert-OH is 2. The highest BCUT2D eigenvalue weighted by atomic mass is 17.0. The minimum Gasteiger partial charge on any atom is -0.394 e. The fraction of sp³-hybridized carbons (Fsp3) is 0.700. The second kappa shape index (κ2) is 10.8. The summed E-state index contributed by atoms with van der Waals surface area (Å²) in [5.74, 6) is 1.71. The molecule has 11 heteroatoms. The Morgan fingerprint density at radius 1 is 0.742 bits per heavy atom. The van der Waals surface area contributed by atoms with E-state index in [1.165, 1.54) is 12.8 Å². The first-order chi connectivity index (χ1) is 15.3. The molecule has 0 amide bonds. The molecule has 0 radical (unpaired) electrons. The molecule has 2 aromatic heterocycles. The van der Waals surface area contributed by atoms with Gasteiger partial charge in [-0.15, -0.1) is 0 Å². The van der Waals surface area contributed by atoms with Gasteiger partial charge in [-0.1, -0.05) is 5.23 Å². The maximum Gasteiger partial charge on any atom is 0.280 e. The molecule has 0 aliphatic carbocycles. The fourth-order valence-corrected chi connectivity index (χ4v) is 4.05. The summed E-state index contributed by atoms with van der Waals surface area (Å²) in [4.78, 5) is 34.1. The van der Waals surface area contributed by atoms with Crippen LogP contribution in [-0.2, 0) is 9.68 Å². The van der Waals surface area contributed by atoms with Crippen molar-refractivity contribution in [1.29, 1.82) is 0 Å². The highest BCUT2D eigenvalue weighted by Gasteiger charge is 2.25. The first-order valence-electron chi connectivity index (χ1n) is 11.1. The molecule has 11 nitrogen and oxygen atoms in total. The number of piperidine rings is 2. The van der Waals surface area contributed by atoms with E-state index in [9.17, 15) is 10.2 Å². The van der Waals surface area contributed by atoms with E-state index in [1.807, 2.05) is 0 Å². The van der Waals surface area contributed by atoms with E-state index >= 15 is 0 Å². The fourth-order valence-electron chi connectivity index (χ4n) is 4.05. The Bertz CT molecular complexity index is 836. The van der Waals surface area contributed by atoms with Gasteiger partial charge in [0, 0.05) is 26.2 Å². The van der Waals surface area contributed by atoms with Crippen LogP contribution in [-0.4, -0.2) is 82.8 Å². The lowest BCUT2D eigenvalue weighted by molar-refractivity contribution is -0.106. The number of rotatable bonds is 9. The number of anilines is 3. The van der Waals surface area contributed by atoms with Crippen molar-refractivity contribution in [3.63, 3.8) is 0 Å². The van der Waals surface area contributed by atoms with Crippen LogP contribution in [0.3, 0.4) is 0 Å². The molecule has 170 valence electrons. The summed E-state index contributed by atoms with van der Waals surface area (Å²) < 4.78 is 0. The summed E-state index contributed by atoms with van der Waals surface area (Å²) in [7, 11) is 0. The van der Waals surface area contributed by atoms with Crippen molar-refractivity contribution >= 4 is 28.6 Å². The topological polar surface area (TPSA) is 120 Å². The van der Waals surface area contributed by atoms with Gasteiger partial charge in [0.15, 0.2) is 11.6 Å². The first kappa shape index (κ1) is 21.9. The second-order valence-corrected chi connectivity index (χ2v) is 7.71. The number of hydrogen-bond acceptors (Lipinski definition) is 11. The molecule has 0 atom stereocenters. The average Bonchev–Trinajstić information content (AvgIpc) is 2.84. The highest BCUT2D eigenvalue weighted by molar-refractivity contribution is 5.93. The average molecular weight is 434 g/mol. The quantitative estimate of drug-likeness (QED) is 0.552. The van der Waals surface area contributed by atoms with Crippen LogP contribution in [0.25, 0.3) is 11.0 Å². The molecule has 0 spiro atoms. The zero-order chi connectivity index (χ0) is 21.5. The Hall–Kier alpha value is -2.34. The van der Waals surface area contributed by atoms with E-state index in [2.05, 4.69) is 19.8 Å². The lowest BCUT2D eigenvalue weighted by Gasteiger charge is -2.31. The number of fused-ring (bicyclic) bond motifs is 1. The van der Waals surface area contributed by atoms with Crippen LogP contribution in [0.4, 0.5) is 17.6 Å². The molecule has 0 unspecified atom stereocenters. The molecular weight excluding hydrogens is 402 g/mol. The van der Waals surface area contributed by atoms with Crippen molar-refractivity contribution in [1.82, 2.24) is 19.9 Å². The predicted octanol–water partition coefficient (Wildman–Crippen LogP) is 1.05. The van der Waals surface area contributed by atoms with Crippen LogP contribution in [0.5, 0.6) is 0 Å². The summed E-state index contributed by atoms with van der Waals surface area (Å²) in [6.45, 7) is 3.29. The molecule has 4 heterocycles. The largest absolute Gasteiger partial charge is 0.394 e. The summed E-state index contributed by atoms with van der Waals surface area (Å²) in [5, 5.41) is 19.5. The molecule has 2 fully saturated rings. The molecule has 0 aromatic carbocycles. The molecule has 2 aliphatic heterocycles. The zero-order valence-corrected chi connectivity index (χ0v) is 17.8. The normalized spacial score (nSPS) is 17.4. The van der Waals surface area contributed by atoms with Crippen LogP contribution < -0.4 is 15.0 Å². The highest BCUT2D eigenvalue weighted by Crippen LogP contribution is 2.32. The van der Waals surface area contributed by atoms with E-state index in [0.717, 1.165) is 68.7 Å². The molecule has 0 saturated carbocycles. The van der Waals surface area contributed by atoms with Crippen LogP contribution in [0.15, 0.2) is 6.33 Å². The van der Waals surface area contributed by atoms with Crippen LogP contribution in [0, 0.1) is 0 Å². The molecule has 2 aromatic rings. The number of aliphatic hydroxyl groups is 2. The molecule has 2 saturated heterocycles. The van der Waals surface area contributed by atoms with Gasteiger partial charge in [-0.3, -0.25) is 0 Å². The van der Waals surface area contributed by atoms with Gasteiger partial charge < -0.3 is 20.0 Å². The number of hydrogen-bond donors (Lipinski definition) is 2. The maximum atomic E-state index is 9.20. The molecule has 4 rings (SSSR count). The van der Waals surface area contributed by atoms with Gasteiger partial charge in [-0.2, -0.15) is 4.98 Å². The van der Waals surface area contributed by atoms with Gasteiger partial charge >= 0.3 is 0 Å². The predicted molar refractivity (Wildman–Crippen MR) is 116 cm³/mol. The van der Waals surface area contributed by atoms with Crippen LogP contribution in [0.2, 0.25) is 0 Å². The van der Waals surface area contributed by atoms with Crippen molar-refractivity contribution < 1.29 is 19.9 Å². The van der Waals surface area contributed by atoms with Crippen LogP contribution >= 0.6 is 0 Å². The van der Waals surface area contributed by atoms with E-state index in [-0.39, 0.29) is 32.4 Å². The van der Waals surface area contributed by atoms with Gasteiger partial charge in [0.05, 0.1) is 13.2 Å². The summed E-state index contributed by atoms with van der Waals surface area (Å²) in [5.41, 5.74) is 1.37. The third-order valence-corrected chi connectivity index (χ3v) is 5.51. The minimum absolute atomic E-state index is 0.0101. The smallest absolute Gasteiger partial charge is 0.280 e. The summed E-state index contributed by atoms with van der Waals surface area (Å²) in [6.07, 6.45) is 8.43. The van der Waals surface area contributed by atoms with Gasteiger partial charge in [0.1, 0.15) is 30.6 Å². The summed E-state index contributed by atoms with van der Waals surface area (Å²) in [6, 6.07) is 0. The van der Waals surface area contributed by atoms with E-state index in [0.29, 0.717) is 11.0 Å². The molecule has 2 aliphatic rings. The van der Waals surface area contributed by atoms with E-state index in [4.69, 9.17) is 19.6 Å². The van der Waals surface area contributed by atoms with E-state index in [1.54, 1.807) is 6.33 Å². The summed E-state index contributed by atoms with van der Waals surface area (Å²) >= 11 is 0. The van der Waals surface area contributed by atoms with Gasteiger partial charge in [-0.25, -0.2) is 24.6 Å². The zero-order valence-electron chi connectivity index (χ0n) is 17.8.